The lowest BCUT2D eigenvalue weighted by Crippen LogP contribution is -1.83. The quantitative estimate of drug-likeness (QED) is 0.584. The van der Waals surface area contributed by atoms with Gasteiger partial charge in [-0.2, -0.15) is 0 Å². The van der Waals surface area contributed by atoms with Gasteiger partial charge >= 0.3 is 0 Å². The number of hydrogen-bond acceptors (Lipinski definition) is 3. The van der Waals surface area contributed by atoms with E-state index < -0.39 is 0 Å². The average molecular weight is 385 g/mol. The summed E-state index contributed by atoms with van der Waals surface area (Å²) in [5.74, 6) is 0.571. The van der Waals surface area contributed by atoms with E-state index in [0.29, 0.717) is 10.9 Å². The number of aromatic nitrogens is 2. The van der Waals surface area contributed by atoms with Gasteiger partial charge in [-0.3, -0.25) is 0 Å². The lowest BCUT2D eigenvalue weighted by atomic mass is 10.2. The van der Waals surface area contributed by atoms with E-state index in [-0.39, 0.29) is 0 Å². The summed E-state index contributed by atoms with van der Waals surface area (Å²) in [4.78, 5) is 0. The van der Waals surface area contributed by atoms with Crippen LogP contribution in [0.2, 0.25) is 5.02 Å². The summed E-state index contributed by atoms with van der Waals surface area (Å²) in [6, 6.07) is 5.75. The highest BCUT2D eigenvalue weighted by Crippen LogP contribution is 2.30. The zero-order chi connectivity index (χ0) is 11.5. The fourth-order valence-electron chi connectivity index (χ4n) is 1.21. The van der Waals surface area contributed by atoms with Crippen LogP contribution >= 0.6 is 57.1 Å². The molecule has 0 spiro atoms. The van der Waals surface area contributed by atoms with Gasteiger partial charge in [-0.05, 0) is 40.8 Å². The summed E-state index contributed by atoms with van der Waals surface area (Å²) >= 11 is 15.5. The molecule has 0 bridgehead atoms. The number of nitrogens with zero attached hydrogens (tertiary/aromatic N) is 2. The molecule has 0 N–H and O–H groups in total. The molecule has 1 aromatic heterocycles. The third-order valence-corrected chi connectivity index (χ3v) is 4.32. The third kappa shape index (κ3) is 2.85. The molecular formula is C10H7Cl2IN2S. The molecule has 0 aliphatic rings. The van der Waals surface area contributed by atoms with Gasteiger partial charge in [-0.15, -0.1) is 21.8 Å². The second-order valence-electron chi connectivity index (χ2n) is 3.06. The lowest BCUT2D eigenvalue weighted by Gasteiger charge is -1.99. The first-order chi connectivity index (χ1) is 7.70. The lowest BCUT2D eigenvalue weighted by molar-refractivity contribution is 0.989. The second-order valence-corrected chi connectivity index (χ2v) is 6.10. The Bertz CT molecular complexity index is 501. The fourth-order valence-corrected chi connectivity index (χ4v) is 3.31. The van der Waals surface area contributed by atoms with E-state index in [9.17, 15) is 0 Å². The Morgan fingerprint density at radius 3 is 2.88 bits per heavy atom. The second kappa shape index (κ2) is 5.62. The van der Waals surface area contributed by atoms with Crippen molar-refractivity contribution in [2.45, 2.75) is 6.42 Å². The van der Waals surface area contributed by atoms with E-state index in [2.05, 4.69) is 32.8 Å². The molecule has 0 aliphatic heterocycles. The van der Waals surface area contributed by atoms with Gasteiger partial charge in [0.15, 0.2) is 0 Å². The Labute approximate surface area is 121 Å². The van der Waals surface area contributed by atoms with Gasteiger partial charge in [0, 0.05) is 26.5 Å². The molecule has 0 unspecified atom stereocenters. The molecule has 0 aliphatic carbocycles. The van der Waals surface area contributed by atoms with Crippen molar-refractivity contribution in [3.63, 3.8) is 0 Å². The van der Waals surface area contributed by atoms with Crippen molar-refractivity contribution in [2.75, 3.05) is 5.88 Å². The van der Waals surface area contributed by atoms with E-state index >= 15 is 0 Å². The van der Waals surface area contributed by atoms with Crippen LogP contribution in [0.25, 0.3) is 10.6 Å². The number of hydrogen-bond donors (Lipinski definition) is 0. The summed E-state index contributed by atoms with van der Waals surface area (Å²) in [5.41, 5.74) is 1.03. The van der Waals surface area contributed by atoms with Crippen LogP contribution in [0.1, 0.15) is 5.01 Å². The first-order valence-electron chi connectivity index (χ1n) is 4.54. The molecule has 0 amide bonds. The van der Waals surface area contributed by atoms with Crippen LogP contribution in [-0.2, 0) is 6.42 Å². The fraction of sp³-hybridized carbons (Fsp3) is 0.200. The maximum atomic E-state index is 5.97. The van der Waals surface area contributed by atoms with Crippen LogP contribution in [0.4, 0.5) is 0 Å². The monoisotopic (exact) mass is 384 g/mol. The van der Waals surface area contributed by atoms with Crippen LogP contribution in [0, 0.1) is 3.57 Å². The van der Waals surface area contributed by atoms with E-state index in [1.165, 1.54) is 0 Å². The summed E-state index contributed by atoms with van der Waals surface area (Å²) in [5, 5.41) is 10.8. The highest BCUT2D eigenvalue weighted by molar-refractivity contribution is 14.1. The summed E-state index contributed by atoms with van der Waals surface area (Å²) in [7, 11) is 0. The Balaban J connectivity index is 2.38. The molecular weight excluding hydrogens is 378 g/mol. The van der Waals surface area contributed by atoms with Crippen LogP contribution < -0.4 is 0 Å². The van der Waals surface area contributed by atoms with Gasteiger partial charge in [0.25, 0.3) is 0 Å². The highest BCUT2D eigenvalue weighted by Gasteiger charge is 2.10. The van der Waals surface area contributed by atoms with Gasteiger partial charge in [-0.25, -0.2) is 0 Å². The molecule has 84 valence electrons. The van der Waals surface area contributed by atoms with E-state index in [0.717, 1.165) is 25.6 Å². The Hall–Kier alpha value is 0.0900. The number of aryl methyl sites for hydroxylation is 1. The molecule has 0 fully saturated rings. The summed E-state index contributed by atoms with van der Waals surface area (Å²) < 4.78 is 1.12. The van der Waals surface area contributed by atoms with E-state index in [1.54, 1.807) is 11.3 Å². The Kier molecular flexibility index (Phi) is 4.41. The normalized spacial score (nSPS) is 10.7. The third-order valence-electron chi connectivity index (χ3n) is 1.93. The maximum Gasteiger partial charge on any atom is 0.148 e. The van der Waals surface area contributed by atoms with Crippen molar-refractivity contribution in [3.8, 4) is 10.6 Å². The predicted molar refractivity (Wildman–Crippen MR) is 77.5 cm³/mol. The molecule has 1 aromatic carbocycles. The average Bonchev–Trinajstić information content (AvgIpc) is 2.71. The van der Waals surface area contributed by atoms with E-state index in [4.69, 9.17) is 23.2 Å². The molecule has 16 heavy (non-hydrogen) atoms. The van der Waals surface area contributed by atoms with Crippen molar-refractivity contribution in [3.05, 3.63) is 31.8 Å². The first kappa shape index (κ1) is 12.5. The Morgan fingerprint density at radius 2 is 2.12 bits per heavy atom. The Morgan fingerprint density at radius 1 is 1.31 bits per heavy atom. The minimum Gasteiger partial charge on any atom is -0.143 e. The molecule has 0 atom stereocenters. The molecule has 0 saturated heterocycles. The summed E-state index contributed by atoms with van der Waals surface area (Å²) in [6.45, 7) is 0. The highest BCUT2D eigenvalue weighted by atomic mass is 127. The topological polar surface area (TPSA) is 25.8 Å². The zero-order valence-corrected chi connectivity index (χ0v) is 12.6. The number of alkyl halides is 1. The van der Waals surface area contributed by atoms with Gasteiger partial charge in [0.1, 0.15) is 10.0 Å². The van der Waals surface area contributed by atoms with Gasteiger partial charge in [0.2, 0.25) is 0 Å². The molecule has 2 nitrogen and oxygen atoms in total. The smallest absolute Gasteiger partial charge is 0.143 e. The SMILES string of the molecule is ClCCc1nnc(-c2cc(Cl)ccc2I)s1. The molecule has 0 saturated carbocycles. The van der Waals surface area contributed by atoms with Gasteiger partial charge in [0.05, 0.1) is 0 Å². The minimum absolute atomic E-state index is 0.571. The van der Waals surface area contributed by atoms with Crippen molar-refractivity contribution < 1.29 is 0 Å². The van der Waals surface area contributed by atoms with Crippen LogP contribution in [0.15, 0.2) is 18.2 Å². The number of benzene rings is 1. The van der Waals surface area contributed by atoms with Crippen molar-refractivity contribution in [1.82, 2.24) is 10.2 Å². The summed E-state index contributed by atoms with van der Waals surface area (Å²) in [6.07, 6.45) is 0.760. The molecule has 2 rings (SSSR count). The van der Waals surface area contributed by atoms with Crippen molar-refractivity contribution >= 4 is 57.1 Å². The van der Waals surface area contributed by atoms with Crippen molar-refractivity contribution in [2.24, 2.45) is 0 Å². The van der Waals surface area contributed by atoms with Gasteiger partial charge in [-0.1, -0.05) is 22.9 Å². The van der Waals surface area contributed by atoms with Crippen molar-refractivity contribution in [1.29, 1.82) is 0 Å². The van der Waals surface area contributed by atoms with Crippen LogP contribution in [0.5, 0.6) is 0 Å². The number of rotatable bonds is 3. The molecule has 1 heterocycles. The van der Waals surface area contributed by atoms with E-state index in [1.807, 2.05) is 18.2 Å². The number of halogens is 3. The zero-order valence-electron chi connectivity index (χ0n) is 8.08. The largest absolute Gasteiger partial charge is 0.148 e. The predicted octanol–water partition coefficient (Wildman–Crippen LogP) is 4.24. The minimum atomic E-state index is 0.571. The first-order valence-corrected chi connectivity index (χ1v) is 7.35. The van der Waals surface area contributed by atoms with Crippen LogP contribution in [-0.4, -0.2) is 16.1 Å². The molecule has 6 heteroatoms. The molecule has 2 aromatic rings. The van der Waals surface area contributed by atoms with Crippen LogP contribution in [0.3, 0.4) is 0 Å². The maximum absolute atomic E-state index is 5.97. The standard InChI is InChI=1S/C10H7Cl2IN2S/c11-4-3-9-14-15-10(16-9)7-5-6(12)1-2-8(7)13/h1-2,5H,3-4H2. The molecule has 0 radical (unpaired) electrons. The van der Waals surface area contributed by atoms with Gasteiger partial charge < -0.3 is 0 Å².